The zero-order valence-electron chi connectivity index (χ0n) is 16.6. The third-order valence-corrected chi connectivity index (χ3v) is 6.44. The van der Waals surface area contributed by atoms with Gasteiger partial charge in [-0.3, -0.25) is 9.69 Å². The number of benzene rings is 2. The molecule has 0 saturated carbocycles. The Balaban J connectivity index is 1.59. The molecule has 1 amide bonds. The molecule has 1 atom stereocenters. The summed E-state index contributed by atoms with van der Waals surface area (Å²) < 4.78 is 5.51. The number of aryl methyl sites for hydroxylation is 1. The van der Waals surface area contributed by atoms with E-state index >= 15 is 0 Å². The minimum Gasteiger partial charge on any atom is -0.494 e. The fourth-order valence-corrected chi connectivity index (χ4v) is 4.90. The predicted molar refractivity (Wildman–Crippen MR) is 115 cm³/mol. The number of rotatable bonds is 4. The molecular weight excluding hydrogens is 382 g/mol. The summed E-state index contributed by atoms with van der Waals surface area (Å²) in [6.45, 7) is 5.09. The highest BCUT2D eigenvalue weighted by Crippen LogP contribution is 2.43. The van der Waals surface area contributed by atoms with E-state index in [2.05, 4.69) is 11.0 Å². The molecule has 0 aliphatic carbocycles. The summed E-state index contributed by atoms with van der Waals surface area (Å²) in [5, 5.41) is 10.7. The molecule has 0 spiro atoms. The van der Waals surface area contributed by atoms with Crippen LogP contribution in [-0.4, -0.2) is 30.0 Å². The summed E-state index contributed by atoms with van der Waals surface area (Å²) in [5.74, 6) is 1.43. The van der Waals surface area contributed by atoms with Gasteiger partial charge in [0, 0.05) is 18.0 Å². The van der Waals surface area contributed by atoms with Crippen molar-refractivity contribution >= 4 is 23.4 Å². The van der Waals surface area contributed by atoms with Crippen LogP contribution >= 0.6 is 11.8 Å². The largest absolute Gasteiger partial charge is 0.494 e. The summed E-state index contributed by atoms with van der Waals surface area (Å²) in [6.07, 6.45) is 0.327. The number of nitriles is 1. The minimum absolute atomic E-state index is 0.0627. The Morgan fingerprint density at radius 2 is 1.90 bits per heavy atom. The van der Waals surface area contributed by atoms with Crippen molar-refractivity contribution in [2.75, 3.05) is 24.1 Å². The molecule has 2 aliphatic heterocycles. The predicted octanol–water partition coefficient (Wildman–Crippen LogP) is 4.61. The normalized spacial score (nSPS) is 19.1. The van der Waals surface area contributed by atoms with Gasteiger partial charge in [0.05, 0.1) is 35.8 Å². The van der Waals surface area contributed by atoms with Crippen LogP contribution in [0.15, 0.2) is 59.1 Å². The van der Waals surface area contributed by atoms with Gasteiger partial charge in [-0.25, -0.2) is 0 Å². The van der Waals surface area contributed by atoms with E-state index in [9.17, 15) is 10.1 Å². The maximum atomic E-state index is 13.0. The summed E-state index contributed by atoms with van der Waals surface area (Å²) in [6, 6.07) is 18.4. The third kappa shape index (κ3) is 3.83. The van der Waals surface area contributed by atoms with Crippen molar-refractivity contribution in [3.8, 4) is 11.8 Å². The number of hydrogen-bond donors (Lipinski definition) is 0. The smallest absolute Gasteiger partial charge is 0.229 e. The number of anilines is 1. The van der Waals surface area contributed by atoms with Crippen molar-refractivity contribution in [3.63, 3.8) is 0 Å². The van der Waals surface area contributed by atoms with Crippen molar-refractivity contribution in [2.24, 2.45) is 0 Å². The number of fused-ring (bicyclic) bond motifs is 1. The Labute approximate surface area is 175 Å². The molecule has 0 N–H and O–H groups in total. The lowest BCUT2D eigenvalue weighted by Gasteiger charge is -2.42. The van der Waals surface area contributed by atoms with Gasteiger partial charge in [-0.05, 0) is 43.7 Å². The van der Waals surface area contributed by atoms with Crippen LogP contribution in [-0.2, 0) is 4.79 Å². The average molecular weight is 406 g/mol. The number of nitrogens with zero attached hydrogens (tertiary/aromatic N) is 3. The fourth-order valence-electron chi connectivity index (χ4n) is 3.73. The number of hydrogen-bond acceptors (Lipinski definition) is 5. The number of carbonyl (C=O) groups is 1. The maximum Gasteiger partial charge on any atom is 0.229 e. The molecule has 2 aromatic carbocycles. The number of carbonyl (C=O) groups excluding carboxylic acids is 1. The van der Waals surface area contributed by atoms with Gasteiger partial charge < -0.3 is 9.64 Å². The first-order chi connectivity index (χ1) is 14.1. The van der Waals surface area contributed by atoms with E-state index in [0.717, 1.165) is 22.0 Å². The molecule has 2 aliphatic rings. The molecule has 1 fully saturated rings. The van der Waals surface area contributed by atoms with E-state index in [1.807, 2.05) is 62.4 Å². The molecule has 2 heterocycles. The van der Waals surface area contributed by atoms with Crippen LogP contribution in [0.4, 0.5) is 5.69 Å². The molecule has 6 heteroatoms. The fraction of sp³-hybridized carbons (Fsp3) is 0.304. The van der Waals surface area contributed by atoms with Crippen molar-refractivity contribution in [3.05, 3.63) is 70.3 Å². The summed E-state index contributed by atoms with van der Waals surface area (Å²) in [7, 11) is 0. The van der Waals surface area contributed by atoms with Crippen LogP contribution in [0.3, 0.4) is 0 Å². The van der Waals surface area contributed by atoms with Gasteiger partial charge in [-0.1, -0.05) is 41.6 Å². The van der Waals surface area contributed by atoms with Crippen LogP contribution in [0.5, 0.6) is 5.75 Å². The second-order valence-corrected chi connectivity index (χ2v) is 8.13. The van der Waals surface area contributed by atoms with Gasteiger partial charge in [0.25, 0.3) is 0 Å². The van der Waals surface area contributed by atoms with Crippen LogP contribution in [0.2, 0.25) is 0 Å². The van der Waals surface area contributed by atoms with Crippen molar-refractivity contribution in [2.45, 2.75) is 26.2 Å². The molecule has 5 nitrogen and oxygen atoms in total. The van der Waals surface area contributed by atoms with E-state index in [0.29, 0.717) is 31.1 Å². The second kappa shape index (κ2) is 8.22. The van der Waals surface area contributed by atoms with E-state index in [1.54, 1.807) is 16.7 Å². The highest BCUT2D eigenvalue weighted by Gasteiger charge is 2.38. The van der Waals surface area contributed by atoms with Crippen LogP contribution < -0.4 is 9.64 Å². The molecule has 0 unspecified atom stereocenters. The first-order valence-electron chi connectivity index (χ1n) is 9.72. The quantitative estimate of drug-likeness (QED) is 0.743. The highest BCUT2D eigenvalue weighted by atomic mass is 32.2. The lowest BCUT2D eigenvalue weighted by atomic mass is 9.86. The van der Waals surface area contributed by atoms with Gasteiger partial charge in [-0.2, -0.15) is 5.26 Å². The first-order valence-corrected chi connectivity index (χ1v) is 10.7. The lowest BCUT2D eigenvalue weighted by Crippen LogP contribution is -2.47. The second-order valence-electron chi connectivity index (χ2n) is 7.20. The molecule has 148 valence electrons. The molecule has 0 bridgehead atoms. The minimum atomic E-state index is -0.163. The Bertz CT molecular complexity index is 977. The van der Waals surface area contributed by atoms with Crippen molar-refractivity contribution < 1.29 is 9.53 Å². The Hall–Kier alpha value is -2.91. The van der Waals surface area contributed by atoms with E-state index in [-0.39, 0.29) is 11.8 Å². The summed E-state index contributed by atoms with van der Waals surface area (Å²) in [5.41, 5.74) is 3.93. The van der Waals surface area contributed by atoms with E-state index in [4.69, 9.17) is 4.74 Å². The van der Waals surface area contributed by atoms with Crippen LogP contribution in [0.25, 0.3) is 0 Å². The van der Waals surface area contributed by atoms with Crippen LogP contribution in [0, 0.1) is 18.3 Å². The summed E-state index contributed by atoms with van der Waals surface area (Å²) >= 11 is 1.56. The Morgan fingerprint density at radius 1 is 1.17 bits per heavy atom. The topological polar surface area (TPSA) is 56.6 Å². The highest BCUT2D eigenvalue weighted by molar-refractivity contribution is 8.03. The van der Waals surface area contributed by atoms with Gasteiger partial charge in [0.1, 0.15) is 5.75 Å². The van der Waals surface area contributed by atoms with E-state index in [1.165, 1.54) is 5.56 Å². The van der Waals surface area contributed by atoms with Crippen LogP contribution in [0.1, 0.15) is 30.4 Å². The SMILES string of the molecule is CCOc1ccc(N2CSC3=C(C#N)[C@@H](c4ccc(C)cc4)CC(=O)N3C2)cc1. The third-order valence-electron chi connectivity index (χ3n) is 5.29. The molecular formula is C23H23N3O2S. The number of thioether (sulfide) groups is 1. The first kappa shape index (κ1) is 19.4. The lowest BCUT2D eigenvalue weighted by molar-refractivity contribution is -0.129. The number of ether oxygens (including phenoxy) is 1. The molecule has 2 aromatic rings. The molecule has 29 heavy (non-hydrogen) atoms. The zero-order valence-corrected chi connectivity index (χ0v) is 17.4. The van der Waals surface area contributed by atoms with Gasteiger partial charge in [0.2, 0.25) is 5.91 Å². The van der Waals surface area contributed by atoms with E-state index < -0.39 is 0 Å². The zero-order chi connectivity index (χ0) is 20.4. The molecule has 1 saturated heterocycles. The van der Waals surface area contributed by atoms with Crippen molar-refractivity contribution in [1.82, 2.24) is 4.90 Å². The maximum absolute atomic E-state index is 13.0. The van der Waals surface area contributed by atoms with Gasteiger partial charge >= 0.3 is 0 Å². The van der Waals surface area contributed by atoms with Crippen molar-refractivity contribution in [1.29, 1.82) is 5.26 Å². The number of allylic oxidation sites excluding steroid dienone is 1. The van der Waals surface area contributed by atoms with Gasteiger partial charge in [0.15, 0.2) is 0 Å². The average Bonchev–Trinajstić information content (AvgIpc) is 2.75. The Kier molecular flexibility index (Phi) is 5.50. The summed E-state index contributed by atoms with van der Waals surface area (Å²) in [4.78, 5) is 16.9. The number of amides is 1. The molecule has 0 aromatic heterocycles. The Morgan fingerprint density at radius 3 is 2.55 bits per heavy atom. The standard InChI is InChI=1S/C23H23N3O2S/c1-3-28-19-10-8-18(9-11-19)25-14-26-22(27)12-20(17-6-4-16(2)5-7-17)21(13-24)23(26)29-15-25/h4-11,20H,3,12,14-15H2,1-2H3/t20-/m1/s1. The monoisotopic (exact) mass is 405 g/mol. The molecule has 0 radical (unpaired) electrons. The van der Waals surface area contributed by atoms with Gasteiger partial charge in [-0.15, -0.1) is 0 Å². The molecule has 4 rings (SSSR count).